The van der Waals surface area contributed by atoms with Gasteiger partial charge in [0.15, 0.2) is 5.78 Å². The van der Waals surface area contributed by atoms with Crippen molar-refractivity contribution in [3.8, 4) is 0 Å². The van der Waals surface area contributed by atoms with Crippen molar-refractivity contribution >= 4 is 52.2 Å². The molecular formula is C26H16Cl3F6NO2. The van der Waals surface area contributed by atoms with E-state index < -0.39 is 63.5 Å². The van der Waals surface area contributed by atoms with Crippen LogP contribution in [0.4, 0.5) is 32.0 Å². The third-order valence-electron chi connectivity index (χ3n) is 6.18. The standard InChI is InChI=1S/C26H16Cl3F6NO2/c1-11-6-13(7-17(23(11)32)26(33,34)35)21-22(25(21,28)29)24(38)36-15-4-5-18(27)16(10-15)20(37)8-12-2-3-14(30)9-19(12)31/h2-7,9-10,21-22H,8H2,1H3,(H,36,38). The maximum atomic E-state index is 14.1. The Morgan fingerprint density at radius 2 is 1.68 bits per heavy atom. The number of aryl methyl sites for hydroxylation is 1. The summed E-state index contributed by atoms with van der Waals surface area (Å²) in [6.45, 7) is 1.15. The second-order valence-corrected chi connectivity index (χ2v) is 10.7. The first kappa shape index (κ1) is 28.3. The van der Waals surface area contributed by atoms with Gasteiger partial charge >= 0.3 is 6.18 Å². The van der Waals surface area contributed by atoms with Gasteiger partial charge in [0, 0.05) is 29.7 Å². The van der Waals surface area contributed by atoms with Gasteiger partial charge in [-0.2, -0.15) is 13.2 Å². The van der Waals surface area contributed by atoms with Gasteiger partial charge < -0.3 is 5.32 Å². The number of ketones is 1. The van der Waals surface area contributed by atoms with Crippen molar-refractivity contribution in [1.29, 1.82) is 0 Å². The average Bonchev–Trinajstić information content (AvgIpc) is 3.39. The van der Waals surface area contributed by atoms with E-state index in [1.807, 2.05) is 0 Å². The zero-order chi connectivity index (χ0) is 28.2. The van der Waals surface area contributed by atoms with E-state index in [9.17, 15) is 35.9 Å². The van der Waals surface area contributed by atoms with Crippen molar-refractivity contribution in [3.05, 3.63) is 98.8 Å². The fourth-order valence-corrected chi connectivity index (χ4v) is 5.27. The number of hydrogen-bond donors (Lipinski definition) is 1. The Morgan fingerprint density at radius 3 is 2.32 bits per heavy atom. The molecule has 1 aliphatic rings. The van der Waals surface area contributed by atoms with E-state index in [0.29, 0.717) is 12.1 Å². The lowest BCUT2D eigenvalue weighted by Gasteiger charge is -2.13. The van der Waals surface area contributed by atoms with Crippen molar-refractivity contribution in [2.24, 2.45) is 5.92 Å². The van der Waals surface area contributed by atoms with Gasteiger partial charge in [0.05, 0.1) is 16.5 Å². The molecule has 0 bridgehead atoms. The summed E-state index contributed by atoms with van der Waals surface area (Å²) in [5, 5.41) is 2.50. The molecule has 2 atom stereocenters. The molecule has 0 aromatic heterocycles. The molecule has 1 saturated carbocycles. The van der Waals surface area contributed by atoms with Crippen molar-refractivity contribution in [2.45, 2.75) is 29.8 Å². The lowest BCUT2D eigenvalue weighted by Crippen LogP contribution is -2.17. The Balaban J connectivity index is 1.55. The number of Topliss-reactive ketones (excluding diaryl/α,β-unsaturated/α-hetero) is 1. The molecule has 4 rings (SSSR count). The van der Waals surface area contributed by atoms with Crippen LogP contribution in [0.2, 0.25) is 5.02 Å². The van der Waals surface area contributed by atoms with Gasteiger partial charge in [-0.25, -0.2) is 13.2 Å². The van der Waals surface area contributed by atoms with Crippen LogP contribution in [0.15, 0.2) is 48.5 Å². The van der Waals surface area contributed by atoms with Crippen LogP contribution >= 0.6 is 34.8 Å². The molecule has 1 N–H and O–H groups in total. The van der Waals surface area contributed by atoms with E-state index in [1.165, 1.54) is 18.2 Å². The number of anilines is 1. The highest BCUT2D eigenvalue weighted by atomic mass is 35.5. The van der Waals surface area contributed by atoms with Gasteiger partial charge in [0.1, 0.15) is 21.8 Å². The summed E-state index contributed by atoms with van der Waals surface area (Å²) >= 11 is 18.6. The fraction of sp³-hybridized carbons (Fsp3) is 0.231. The molecule has 3 aromatic rings. The summed E-state index contributed by atoms with van der Waals surface area (Å²) in [6.07, 6.45) is -5.41. The van der Waals surface area contributed by atoms with Crippen LogP contribution in [-0.2, 0) is 17.4 Å². The highest BCUT2D eigenvalue weighted by molar-refractivity contribution is 6.53. The smallest absolute Gasteiger partial charge is 0.326 e. The average molecular weight is 595 g/mol. The Kier molecular flexibility index (Phi) is 7.51. The number of benzene rings is 3. The molecule has 1 aliphatic carbocycles. The number of carbonyl (C=O) groups excluding carboxylic acids is 2. The maximum Gasteiger partial charge on any atom is 0.419 e. The van der Waals surface area contributed by atoms with Gasteiger partial charge in [-0.15, -0.1) is 23.2 Å². The molecule has 3 nitrogen and oxygen atoms in total. The largest absolute Gasteiger partial charge is 0.419 e. The molecule has 0 aliphatic heterocycles. The molecule has 1 fully saturated rings. The summed E-state index contributed by atoms with van der Waals surface area (Å²) in [5.41, 5.74) is -1.89. The van der Waals surface area contributed by atoms with E-state index in [2.05, 4.69) is 5.32 Å². The van der Waals surface area contributed by atoms with E-state index >= 15 is 0 Å². The van der Waals surface area contributed by atoms with Gasteiger partial charge in [-0.05, 0) is 53.9 Å². The molecule has 12 heteroatoms. The van der Waals surface area contributed by atoms with Crippen LogP contribution in [0.25, 0.3) is 0 Å². The van der Waals surface area contributed by atoms with E-state index in [-0.39, 0.29) is 33.0 Å². The zero-order valence-corrected chi connectivity index (χ0v) is 21.5. The fourth-order valence-electron chi connectivity index (χ4n) is 4.22. The van der Waals surface area contributed by atoms with Crippen LogP contribution in [0.1, 0.15) is 38.5 Å². The van der Waals surface area contributed by atoms with Gasteiger partial charge in [0.25, 0.3) is 0 Å². The molecule has 0 heterocycles. The number of alkyl halides is 5. The highest BCUT2D eigenvalue weighted by Crippen LogP contribution is 2.65. The Morgan fingerprint density at radius 1 is 1.00 bits per heavy atom. The number of amides is 1. The Hall–Kier alpha value is -2.75. The first-order chi connectivity index (χ1) is 17.6. The lowest BCUT2D eigenvalue weighted by atomic mass is 10.0. The first-order valence-electron chi connectivity index (χ1n) is 10.9. The topological polar surface area (TPSA) is 46.2 Å². The first-order valence-corrected chi connectivity index (χ1v) is 12.1. The van der Waals surface area contributed by atoms with Crippen LogP contribution in [0.3, 0.4) is 0 Å². The molecule has 200 valence electrons. The van der Waals surface area contributed by atoms with Crippen LogP contribution < -0.4 is 5.32 Å². The van der Waals surface area contributed by atoms with Gasteiger partial charge in [-0.1, -0.05) is 23.7 Å². The predicted molar refractivity (Wildman–Crippen MR) is 131 cm³/mol. The van der Waals surface area contributed by atoms with Crippen LogP contribution in [-0.4, -0.2) is 16.0 Å². The maximum absolute atomic E-state index is 14.1. The van der Waals surface area contributed by atoms with Crippen molar-refractivity contribution < 1.29 is 35.9 Å². The minimum atomic E-state index is -4.97. The summed E-state index contributed by atoms with van der Waals surface area (Å²) in [6, 6.07) is 8.39. The molecule has 2 unspecified atom stereocenters. The monoisotopic (exact) mass is 593 g/mol. The summed E-state index contributed by atoms with van der Waals surface area (Å²) < 4.78 is 79.3. The molecule has 0 saturated heterocycles. The third kappa shape index (κ3) is 5.51. The van der Waals surface area contributed by atoms with Gasteiger partial charge in [-0.3, -0.25) is 9.59 Å². The molecular weight excluding hydrogens is 579 g/mol. The molecule has 0 radical (unpaired) electrons. The molecule has 38 heavy (non-hydrogen) atoms. The lowest BCUT2D eigenvalue weighted by molar-refractivity contribution is -0.140. The van der Waals surface area contributed by atoms with Crippen molar-refractivity contribution in [3.63, 3.8) is 0 Å². The molecule has 0 spiro atoms. The highest BCUT2D eigenvalue weighted by Gasteiger charge is 2.68. The summed E-state index contributed by atoms with van der Waals surface area (Å²) in [4.78, 5) is 25.7. The number of rotatable bonds is 6. The van der Waals surface area contributed by atoms with Crippen LogP contribution in [0, 0.1) is 30.3 Å². The van der Waals surface area contributed by atoms with Crippen molar-refractivity contribution in [1.82, 2.24) is 0 Å². The molecule has 1 amide bonds. The number of halogens is 9. The minimum Gasteiger partial charge on any atom is -0.326 e. The predicted octanol–water partition coefficient (Wildman–Crippen LogP) is 8.04. The minimum absolute atomic E-state index is 0.00492. The zero-order valence-electron chi connectivity index (χ0n) is 19.2. The summed E-state index contributed by atoms with van der Waals surface area (Å²) in [7, 11) is 0. The van der Waals surface area contributed by atoms with Crippen LogP contribution in [0.5, 0.6) is 0 Å². The van der Waals surface area contributed by atoms with E-state index in [0.717, 1.165) is 25.1 Å². The normalized spacial score (nSPS) is 18.3. The third-order valence-corrected chi connectivity index (χ3v) is 7.45. The Labute approximate surface area is 227 Å². The SMILES string of the molecule is Cc1cc(C2C(C(=O)Nc3ccc(Cl)c(C(=O)Cc4ccc(F)cc4F)c3)C2(Cl)Cl)cc(C(F)(F)F)c1F. The molecule has 3 aromatic carbocycles. The van der Waals surface area contributed by atoms with E-state index in [1.54, 1.807) is 0 Å². The number of carbonyl (C=O) groups is 2. The number of hydrogen-bond acceptors (Lipinski definition) is 2. The van der Waals surface area contributed by atoms with Crippen molar-refractivity contribution in [2.75, 3.05) is 5.32 Å². The number of nitrogens with one attached hydrogen (secondary N) is 1. The Bertz CT molecular complexity index is 1460. The second-order valence-electron chi connectivity index (χ2n) is 8.85. The quantitative estimate of drug-likeness (QED) is 0.178. The van der Waals surface area contributed by atoms with E-state index in [4.69, 9.17) is 34.8 Å². The summed E-state index contributed by atoms with van der Waals surface area (Å²) in [5.74, 6) is -6.80. The second kappa shape index (κ2) is 10.1. The van der Waals surface area contributed by atoms with Gasteiger partial charge in [0.2, 0.25) is 5.91 Å².